The van der Waals surface area contributed by atoms with Gasteiger partial charge in [0.05, 0.1) is 23.8 Å². The van der Waals surface area contributed by atoms with Crippen LogP contribution < -0.4 is 15.0 Å². The number of halogens is 4. The number of ether oxygens (including phenoxy) is 2. The maximum atomic E-state index is 13.4. The Morgan fingerprint density at radius 1 is 1.19 bits per heavy atom. The highest BCUT2D eigenvalue weighted by Gasteiger charge is 2.39. The lowest BCUT2D eigenvalue weighted by Crippen LogP contribution is -2.55. The highest BCUT2D eigenvalue weighted by molar-refractivity contribution is 5.85. The fourth-order valence-electron chi connectivity index (χ4n) is 3.64. The van der Waals surface area contributed by atoms with Gasteiger partial charge in [0.2, 0.25) is 11.8 Å². The summed E-state index contributed by atoms with van der Waals surface area (Å²) in [6.45, 7) is 3.11. The molecule has 0 amide bonds. The van der Waals surface area contributed by atoms with Crippen LogP contribution in [0.2, 0.25) is 0 Å². The summed E-state index contributed by atoms with van der Waals surface area (Å²) < 4.78 is 51.7. The summed E-state index contributed by atoms with van der Waals surface area (Å²) in [5.74, 6) is -0.0285. The molecule has 0 radical (unpaired) electrons. The van der Waals surface area contributed by atoms with Crippen molar-refractivity contribution in [1.29, 1.82) is 5.26 Å². The molecule has 4 rings (SSSR count). The van der Waals surface area contributed by atoms with Gasteiger partial charge in [-0.15, -0.1) is 12.4 Å². The van der Waals surface area contributed by atoms with Gasteiger partial charge >= 0.3 is 6.18 Å². The fourth-order valence-corrected chi connectivity index (χ4v) is 3.64. The van der Waals surface area contributed by atoms with E-state index in [2.05, 4.69) is 15.3 Å². The molecule has 0 unspecified atom stereocenters. The number of hydrogen-bond acceptors (Lipinski definition) is 7. The first-order chi connectivity index (χ1) is 14.4. The Labute approximate surface area is 183 Å². The van der Waals surface area contributed by atoms with E-state index >= 15 is 0 Å². The molecule has 11 heteroatoms. The summed E-state index contributed by atoms with van der Waals surface area (Å²) in [5, 5.41) is 12.3. The van der Waals surface area contributed by atoms with Crippen LogP contribution in [0.15, 0.2) is 30.3 Å². The van der Waals surface area contributed by atoms with E-state index in [1.165, 1.54) is 6.07 Å². The Morgan fingerprint density at radius 3 is 2.61 bits per heavy atom. The molecule has 2 aromatic rings. The zero-order valence-corrected chi connectivity index (χ0v) is 17.3. The van der Waals surface area contributed by atoms with E-state index in [4.69, 9.17) is 14.7 Å². The van der Waals surface area contributed by atoms with Crippen molar-refractivity contribution in [3.05, 3.63) is 41.6 Å². The number of nitriles is 1. The zero-order chi connectivity index (χ0) is 21.2. The van der Waals surface area contributed by atoms with Crippen molar-refractivity contribution in [2.24, 2.45) is 0 Å². The lowest BCUT2D eigenvalue weighted by atomic mass is 9.90. The molecule has 2 aliphatic heterocycles. The highest BCUT2D eigenvalue weighted by atomic mass is 35.5. The molecule has 2 fully saturated rings. The molecule has 2 aliphatic rings. The molecular formula is C20H21ClF3N5O2. The van der Waals surface area contributed by atoms with Gasteiger partial charge in [0.1, 0.15) is 5.75 Å². The lowest BCUT2D eigenvalue weighted by Gasteiger charge is -2.44. The third-order valence-corrected chi connectivity index (χ3v) is 5.26. The van der Waals surface area contributed by atoms with Crippen LogP contribution in [0.5, 0.6) is 11.6 Å². The largest absolute Gasteiger partial charge is 0.439 e. The number of benzene rings is 1. The van der Waals surface area contributed by atoms with Gasteiger partial charge in [0, 0.05) is 32.2 Å². The number of nitrogens with one attached hydrogen (secondary N) is 1. The van der Waals surface area contributed by atoms with E-state index in [1.807, 2.05) is 6.07 Å². The van der Waals surface area contributed by atoms with Gasteiger partial charge < -0.3 is 19.7 Å². The molecule has 0 saturated carbocycles. The molecule has 1 spiro atoms. The second-order valence-corrected chi connectivity index (χ2v) is 7.33. The van der Waals surface area contributed by atoms with Crippen LogP contribution in [0.25, 0.3) is 0 Å². The summed E-state index contributed by atoms with van der Waals surface area (Å²) in [6.07, 6.45) is -3.31. The van der Waals surface area contributed by atoms with Crippen molar-refractivity contribution in [1.82, 2.24) is 15.3 Å². The van der Waals surface area contributed by atoms with Gasteiger partial charge in [0.25, 0.3) is 0 Å². The van der Waals surface area contributed by atoms with Gasteiger partial charge in [-0.25, -0.2) is 4.98 Å². The van der Waals surface area contributed by atoms with E-state index in [-0.39, 0.29) is 35.6 Å². The van der Waals surface area contributed by atoms with Gasteiger partial charge in [-0.1, -0.05) is 6.07 Å². The number of hydrogen-bond donors (Lipinski definition) is 1. The topological polar surface area (TPSA) is 83.3 Å². The molecule has 0 atom stereocenters. The molecule has 3 heterocycles. The van der Waals surface area contributed by atoms with Crippen molar-refractivity contribution in [3.63, 3.8) is 0 Å². The second kappa shape index (κ2) is 9.26. The minimum Gasteiger partial charge on any atom is -0.439 e. The average Bonchev–Trinajstić information content (AvgIpc) is 2.74. The zero-order valence-electron chi connectivity index (χ0n) is 16.5. The molecule has 31 heavy (non-hydrogen) atoms. The number of piperidine rings is 1. The Bertz CT molecular complexity index is 951. The summed E-state index contributed by atoms with van der Waals surface area (Å²) >= 11 is 0. The van der Waals surface area contributed by atoms with Crippen LogP contribution in [-0.2, 0) is 10.9 Å². The number of aromatic nitrogens is 2. The molecule has 0 aliphatic carbocycles. The quantitative estimate of drug-likeness (QED) is 0.757. The number of morpholine rings is 1. The fraction of sp³-hybridized carbons (Fsp3) is 0.450. The molecule has 2 saturated heterocycles. The first-order valence-electron chi connectivity index (χ1n) is 9.61. The maximum absolute atomic E-state index is 13.4. The van der Waals surface area contributed by atoms with Crippen molar-refractivity contribution in [3.8, 4) is 17.7 Å². The Hall–Kier alpha value is -2.61. The van der Waals surface area contributed by atoms with Crippen LogP contribution in [-0.4, -0.2) is 48.4 Å². The van der Waals surface area contributed by atoms with Crippen LogP contribution >= 0.6 is 12.4 Å². The number of anilines is 1. The number of alkyl halides is 3. The van der Waals surface area contributed by atoms with Gasteiger partial charge in [-0.05, 0) is 31.0 Å². The normalized spacial score (nSPS) is 18.2. The first kappa shape index (κ1) is 23.1. The standard InChI is InChI=1S/C20H20F3N5O2.ClH/c21-20(22,23)16-11-17(30-15-3-1-2-14(10-15)12-24)27-18(26-16)28-7-4-19(5-8-28)13-25-6-9-29-19;/h1-3,10-11,25H,4-9,13H2;1H. The lowest BCUT2D eigenvalue weighted by molar-refractivity contribution is -0.141. The minimum atomic E-state index is -4.64. The third-order valence-electron chi connectivity index (χ3n) is 5.26. The maximum Gasteiger partial charge on any atom is 0.433 e. The SMILES string of the molecule is Cl.N#Cc1cccc(Oc2cc(C(F)(F)F)nc(N3CCC4(CC3)CNCCO4)n2)c1. The molecule has 1 aromatic carbocycles. The van der Waals surface area contributed by atoms with E-state index < -0.39 is 11.9 Å². The van der Waals surface area contributed by atoms with E-state index in [1.54, 1.807) is 23.1 Å². The monoisotopic (exact) mass is 455 g/mol. The summed E-state index contributed by atoms with van der Waals surface area (Å²) in [6, 6.07) is 8.88. The molecular weight excluding hydrogens is 435 g/mol. The smallest absolute Gasteiger partial charge is 0.433 e. The highest BCUT2D eigenvalue weighted by Crippen LogP contribution is 2.34. The average molecular weight is 456 g/mol. The van der Waals surface area contributed by atoms with Crippen molar-refractivity contribution >= 4 is 18.4 Å². The third kappa shape index (κ3) is 5.36. The van der Waals surface area contributed by atoms with Gasteiger partial charge in [-0.2, -0.15) is 23.4 Å². The van der Waals surface area contributed by atoms with Crippen LogP contribution in [0.4, 0.5) is 19.1 Å². The van der Waals surface area contributed by atoms with Crippen molar-refractivity contribution < 1.29 is 22.6 Å². The van der Waals surface area contributed by atoms with Crippen LogP contribution in [0, 0.1) is 11.3 Å². The van der Waals surface area contributed by atoms with E-state index in [9.17, 15) is 13.2 Å². The summed E-state index contributed by atoms with van der Waals surface area (Å²) in [7, 11) is 0. The van der Waals surface area contributed by atoms with Crippen LogP contribution in [0.3, 0.4) is 0 Å². The first-order valence-corrected chi connectivity index (χ1v) is 9.61. The minimum absolute atomic E-state index is 0. The second-order valence-electron chi connectivity index (χ2n) is 7.33. The summed E-state index contributed by atoms with van der Waals surface area (Å²) in [5.41, 5.74) is -1.02. The number of rotatable bonds is 3. The predicted octanol–water partition coefficient (Wildman–Crippen LogP) is 3.54. The molecule has 0 bridgehead atoms. The van der Waals surface area contributed by atoms with Crippen molar-refractivity contribution in [2.75, 3.05) is 37.7 Å². The molecule has 1 N–H and O–H groups in total. The van der Waals surface area contributed by atoms with E-state index in [0.717, 1.165) is 19.2 Å². The Morgan fingerprint density at radius 2 is 1.97 bits per heavy atom. The predicted molar refractivity (Wildman–Crippen MR) is 109 cm³/mol. The molecule has 166 valence electrons. The van der Waals surface area contributed by atoms with Gasteiger partial charge in [-0.3, -0.25) is 0 Å². The molecule has 7 nitrogen and oxygen atoms in total. The number of nitrogens with zero attached hydrogens (tertiary/aromatic N) is 4. The van der Waals surface area contributed by atoms with Gasteiger partial charge in [0.15, 0.2) is 5.69 Å². The Balaban J connectivity index is 0.00000272. The van der Waals surface area contributed by atoms with Crippen LogP contribution in [0.1, 0.15) is 24.1 Å². The Kier molecular flexibility index (Phi) is 6.89. The summed E-state index contributed by atoms with van der Waals surface area (Å²) in [4.78, 5) is 9.67. The molecule has 1 aromatic heterocycles. The van der Waals surface area contributed by atoms with E-state index in [0.29, 0.717) is 38.1 Å². The van der Waals surface area contributed by atoms with Crippen molar-refractivity contribution in [2.45, 2.75) is 24.6 Å².